The van der Waals surface area contributed by atoms with Crippen LogP contribution in [0.1, 0.15) is 31.3 Å². The maximum Gasteiger partial charge on any atom is 0.347 e. The Morgan fingerprint density at radius 2 is 2.00 bits per heavy atom. The smallest absolute Gasteiger partial charge is 0.347 e. The zero-order valence-corrected chi connectivity index (χ0v) is 14.4. The van der Waals surface area contributed by atoms with Crippen molar-refractivity contribution in [3.8, 4) is 0 Å². The highest BCUT2D eigenvalue weighted by Gasteiger charge is 2.20. The van der Waals surface area contributed by atoms with Crippen molar-refractivity contribution in [2.24, 2.45) is 0 Å². The van der Waals surface area contributed by atoms with Gasteiger partial charge >= 0.3 is 5.97 Å². The molecule has 0 saturated heterocycles. The molecule has 2 rings (SSSR count). The van der Waals surface area contributed by atoms with Crippen LogP contribution in [0.3, 0.4) is 0 Å². The Morgan fingerprint density at radius 1 is 1.28 bits per heavy atom. The van der Waals surface area contributed by atoms with Crippen LogP contribution in [-0.4, -0.2) is 45.6 Å². The molecular weight excluding hydrogens is 346 g/mol. The molecule has 0 aliphatic rings. The lowest BCUT2D eigenvalue weighted by atomic mass is 10.1. The Balaban J connectivity index is 1.91. The Labute approximate surface area is 147 Å². The fourth-order valence-electron chi connectivity index (χ4n) is 2.01. The summed E-state index contributed by atoms with van der Waals surface area (Å²) in [6.45, 7) is 3.07. The molecule has 25 heavy (non-hydrogen) atoms. The summed E-state index contributed by atoms with van der Waals surface area (Å²) in [6.07, 6.45) is -1.49. The van der Waals surface area contributed by atoms with Gasteiger partial charge in [0.2, 0.25) is 0 Å². The number of nitrogens with one attached hydrogen (secondary N) is 2. The number of aromatic nitrogens is 1. The number of benzene rings is 1. The molecule has 0 aliphatic heterocycles. The number of aromatic carboxylic acids is 1. The normalized spacial score (nSPS) is 11.6. The predicted octanol–water partition coefficient (Wildman–Crippen LogP) is 1.19. The number of hydrogen-bond donors (Lipinski definition) is 4. The minimum absolute atomic E-state index is 0.0116. The van der Waals surface area contributed by atoms with Crippen molar-refractivity contribution in [3.05, 3.63) is 46.0 Å². The second kappa shape index (κ2) is 7.86. The van der Waals surface area contributed by atoms with Crippen molar-refractivity contribution in [3.63, 3.8) is 0 Å². The summed E-state index contributed by atoms with van der Waals surface area (Å²) in [6, 6.07) is 6.90. The molecule has 0 bridgehead atoms. The van der Waals surface area contributed by atoms with E-state index in [0.717, 1.165) is 16.9 Å². The van der Waals surface area contributed by atoms with Crippen LogP contribution in [0.2, 0.25) is 0 Å². The monoisotopic (exact) mass is 363 g/mol. The van der Waals surface area contributed by atoms with E-state index in [-0.39, 0.29) is 22.2 Å². The van der Waals surface area contributed by atoms with E-state index in [2.05, 4.69) is 15.6 Å². The summed E-state index contributed by atoms with van der Waals surface area (Å²) in [5.74, 6) is -2.33. The van der Waals surface area contributed by atoms with Gasteiger partial charge in [0.25, 0.3) is 11.8 Å². The van der Waals surface area contributed by atoms with Gasteiger partial charge in [-0.3, -0.25) is 14.9 Å². The zero-order chi connectivity index (χ0) is 18.6. The van der Waals surface area contributed by atoms with Crippen LogP contribution < -0.4 is 10.6 Å². The van der Waals surface area contributed by atoms with Crippen molar-refractivity contribution in [1.29, 1.82) is 0 Å². The van der Waals surface area contributed by atoms with Gasteiger partial charge in [-0.1, -0.05) is 29.0 Å². The molecule has 8 nitrogen and oxygen atoms in total. The minimum atomic E-state index is -1.49. The van der Waals surface area contributed by atoms with Crippen LogP contribution in [0, 0.1) is 13.8 Å². The lowest BCUT2D eigenvalue weighted by Crippen LogP contribution is -2.39. The van der Waals surface area contributed by atoms with E-state index in [9.17, 15) is 19.5 Å². The molecular formula is C16H17N3O5S. The first-order valence-corrected chi connectivity index (χ1v) is 8.14. The number of carbonyl (C=O) groups is 3. The van der Waals surface area contributed by atoms with Crippen molar-refractivity contribution >= 4 is 34.3 Å². The molecule has 9 heteroatoms. The van der Waals surface area contributed by atoms with Crippen LogP contribution in [0.5, 0.6) is 0 Å². The third-order valence-corrected chi connectivity index (χ3v) is 4.32. The number of thiazole rings is 1. The molecule has 132 valence electrons. The summed E-state index contributed by atoms with van der Waals surface area (Å²) in [5, 5.41) is 23.7. The van der Waals surface area contributed by atoms with E-state index in [0.29, 0.717) is 5.56 Å². The zero-order valence-electron chi connectivity index (χ0n) is 13.6. The van der Waals surface area contributed by atoms with Crippen molar-refractivity contribution in [2.45, 2.75) is 20.0 Å². The Morgan fingerprint density at radius 3 is 2.60 bits per heavy atom. The van der Waals surface area contributed by atoms with Gasteiger partial charge in [-0.2, -0.15) is 0 Å². The van der Waals surface area contributed by atoms with Gasteiger partial charge in [0.05, 0.1) is 12.2 Å². The van der Waals surface area contributed by atoms with Gasteiger partial charge in [0, 0.05) is 5.56 Å². The van der Waals surface area contributed by atoms with Gasteiger partial charge in [-0.15, -0.1) is 0 Å². The van der Waals surface area contributed by atoms with Crippen LogP contribution in [0.25, 0.3) is 0 Å². The number of carbonyl (C=O) groups excluding carboxylic acids is 2. The number of carboxylic acids is 1. The second-order valence-electron chi connectivity index (χ2n) is 5.32. The number of aliphatic hydroxyl groups is 1. The fourth-order valence-corrected chi connectivity index (χ4v) is 2.82. The highest BCUT2D eigenvalue weighted by Crippen LogP contribution is 2.22. The van der Waals surface area contributed by atoms with Gasteiger partial charge < -0.3 is 15.5 Å². The number of aryl methyl sites for hydroxylation is 2. The Kier molecular flexibility index (Phi) is 5.84. The Bertz CT molecular complexity index is 818. The maximum atomic E-state index is 12.0. The third-order valence-electron chi connectivity index (χ3n) is 3.26. The summed E-state index contributed by atoms with van der Waals surface area (Å²) in [4.78, 5) is 38.8. The van der Waals surface area contributed by atoms with Gasteiger partial charge in [-0.05, 0) is 26.0 Å². The van der Waals surface area contributed by atoms with E-state index in [1.54, 1.807) is 18.2 Å². The number of aliphatic hydroxyl groups excluding tert-OH is 1. The number of nitrogens with zero attached hydrogens (tertiary/aromatic N) is 1. The minimum Gasteiger partial charge on any atom is -0.477 e. The third kappa shape index (κ3) is 4.85. The standard InChI is InChI=1S/C16H17N3O5S/c1-8-4-3-5-10(6-8)13(21)17-7-11(20)14(22)19-16-18-9(2)12(25-16)15(23)24/h3-6,11,20H,7H2,1-2H3,(H,17,21)(H,23,24)(H,18,19,22). The van der Waals surface area contributed by atoms with Crippen molar-refractivity contribution < 1.29 is 24.6 Å². The van der Waals surface area contributed by atoms with Gasteiger partial charge in [-0.25, -0.2) is 9.78 Å². The molecule has 1 unspecified atom stereocenters. The summed E-state index contributed by atoms with van der Waals surface area (Å²) in [7, 11) is 0. The van der Waals surface area contributed by atoms with E-state index in [1.165, 1.54) is 6.92 Å². The second-order valence-corrected chi connectivity index (χ2v) is 6.32. The molecule has 4 N–H and O–H groups in total. The van der Waals surface area contributed by atoms with E-state index >= 15 is 0 Å². The number of hydrogen-bond acceptors (Lipinski definition) is 6. The summed E-state index contributed by atoms with van der Waals surface area (Å²) < 4.78 is 0. The van der Waals surface area contributed by atoms with Crippen molar-refractivity contribution in [2.75, 3.05) is 11.9 Å². The molecule has 2 aromatic rings. The molecule has 0 fully saturated rings. The summed E-state index contributed by atoms with van der Waals surface area (Å²) in [5.41, 5.74) is 1.61. The highest BCUT2D eigenvalue weighted by atomic mass is 32.1. The molecule has 1 heterocycles. The largest absolute Gasteiger partial charge is 0.477 e. The van der Waals surface area contributed by atoms with Gasteiger partial charge in [0.1, 0.15) is 11.0 Å². The predicted molar refractivity (Wildman–Crippen MR) is 92.0 cm³/mol. The summed E-state index contributed by atoms with van der Waals surface area (Å²) >= 11 is 0.795. The molecule has 1 aromatic heterocycles. The first-order valence-electron chi connectivity index (χ1n) is 7.32. The molecule has 0 saturated carbocycles. The van der Waals surface area contributed by atoms with E-state index in [4.69, 9.17) is 5.11 Å². The average molecular weight is 363 g/mol. The number of rotatable bonds is 6. The van der Waals surface area contributed by atoms with Gasteiger partial charge in [0.15, 0.2) is 5.13 Å². The van der Waals surface area contributed by atoms with E-state index in [1.807, 2.05) is 13.0 Å². The lowest BCUT2D eigenvalue weighted by molar-refractivity contribution is -0.123. The molecule has 1 aromatic carbocycles. The van der Waals surface area contributed by atoms with Crippen LogP contribution in [0.4, 0.5) is 5.13 Å². The molecule has 1 atom stereocenters. The average Bonchev–Trinajstić information content (AvgIpc) is 2.92. The topological polar surface area (TPSA) is 129 Å². The number of amides is 2. The van der Waals surface area contributed by atoms with Crippen molar-refractivity contribution in [1.82, 2.24) is 10.3 Å². The number of carboxylic acid groups (broad SMARTS) is 1. The molecule has 0 radical (unpaired) electrons. The Hall–Kier alpha value is -2.78. The number of anilines is 1. The SMILES string of the molecule is Cc1cccc(C(=O)NCC(O)C(=O)Nc2nc(C)c(C(=O)O)s2)c1. The molecule has 0 aliphatic carbocycles. The highest BCUT2D eigenvalue weighted by molar-refractivity contribution is 7.17. The molecule has 2 amide bonds. The maximum absolute atomic E-state index is 12.0. The first kappa shape index (κ1) is 18.6. The van der Waals surface area contributed by atoms with Crippen LogP contribution in [-0.2, 0) is 4.79 Å². The molecule has 0 spiro atoms. The lowest BCUT2D eigenvalue weighted by Gasteiger charge is -2.11. The quantitative estimate of drug-likeness (QED) is 0.610. The van der Waals surface area contributed by atoms with Crippen LogP contribution >= 0.6 is 11.3 Å². The first-order chi connectivity index (χ1) is 11.8. The van der Waals surface area contributed by atoms with E-state index < -0.39 is 23.9 Å². The fraction of sp³-hybridized carbons (Fsp3) is 0.250. The van der Waals surface area contributed by atoms with Crippen LogP contribution in [0.15, 0.2) is 24.3 Å².